The number of methoxy groups -OCH3 is 1. The molecule has 1 fully saturated rings. The van der Waals surface area contributed by atoms with Crippen LogP contribution in [0.15, 0.2) is 24.3 Å². The van der Waals surface area contributed by atoms with Crippen molar-refractivity contribution in [1.82, 2.24) is 0 Å². The van der Waals surface area contributed by atoms with Gasteiger partial charge in [0.25, 0.3) is 0 Å². The number of ether oxygens (including phenoxy) is 1. The molecule has 110 valence electrons. The molecule has 1 saturated carbocycles. The number of carbonyl (C=O) groups excluding carboxylic acids is 1. The van der Waals surface area contributed by atoms with E-state index in [9.17, 15) is 4.79 Å². The molecule has 0 aromatic heterocycles. The molecule has 1 aliphatic rings. The summed E-state index contributed by atoms with van der Waals surface area (Å²) in [7, 11) is 1.62. The number of carbonyl (C=O) groups is 1. The van der Waals surface area contributed by atoms with E-state index >= 15 is 0 Å². The lowest BCUT2D eigenvalue weighted by molar-refractivity contribution is -0.325. The summed E-state index contributed by atoms with van der Waals surface area (Å²) in [5.74, 6) is 0.478. The molecule has 4 nitrogen and oxygen atoms in total. The SMILES string of the molecule is COc1ccc(C2(C(=O)OOC(C)(C)C)CCC2)cc1. The molecule has 0 amide bonds. The molecule has 1 aromatic rings. The van der Waals surface area contributed by atoms with Crippen molar-refractivity contribution in [1.29, 1.82) is 0 Å². The van der Waals surface area contributed by atoms with Crippen molar-refractivity contribution in [2.75, 3.05) is 7.11 Å². The first kappa shape index (κ1) is 14.9. The van der Waals surface area contributed by atoms with Gasteiger partial charge in [-0.15, -0.1) is 0 Å². The summed E-state index contributed by atoms with van der Waals surface area (Å²) in [6.07, 6.45) is 2.62. The van der Waals surface area contributed by atoms with Crippen LogP contribution in [0.2, 0.25) is 0 Å². The highest BCUT2D eigenvalue weighted by Crippen LogP contribution is 2.45. The molecule has 0 saturated heterocycles. The Morgan fingerprint density at radius 1 is 1.15 bits per heavy atom. The molecule has 0 unspecified atom stereocenters. The third-order valence-electron chi connectivity index (χ3n) is 3.61. The maximum atomic E-state index is 12.4. The number of hydrogen-bond acceptors (Lipinski definition) is 4. The van der Waals surface area contributed by atoms with Crippen molar-refractivity contribution in [2.45, 2.75) is 51.0 Å². The summed E-state index contributed by atoms with van der Waals surface area (Å²) in [5.41, 5.74) is -0.0926. The number of rotatable bonds is 4. The van der Waals surface area contributed by atoms with Gasteiger partial charge in [0.15, 0.2) is 0 Å². The van der Waals surface area contributed by atoms with Crippen molar-refractivity contribution in [2.24, 2.45) is 0 Å². The summed E-state index contributed by atoms with van der Waals surface area (Å²) in [4.78, 5) is 22.6. The maximum absolute atomic E-state index is 12.4. The van der Waals surface area contributed by atoms with E-state index in [1.54, 1.807) is 7.11 Å². The highest BCUT2D eigenvalue weighted by atomic mass is 17.2. The Labute approximate surface area is 120 Å². The summed E-state index contributed by atoms with van der Waals surface area (Å²) < 4.78 is 5.15. The average molecular weight is 278 g/mol. The Morgan fingerprint density at radius 3 is 2.15 bits per heavy atom. The maximum Gasteiger partial charge on any atom is 0.352 e. The lowest BCUT2D eigenvalue weighted by Gasteiger charge is -2.39. The van der Waals surface area contributed by atoms with Crippen molar-refractivity contribution in [3.8, 4) is 5.75 Å². The van der Waals surface area contributed by atoms with E-state index in [0.717, 1.165) is 30.6 Å². The van der Waals surface area contributed by atoms with Crippen LogP contribution >= 0.6 is 0 Å². The second-order valence-electron chi connectivity index (χ2n) is 6.23. The predicted octanol–water partition coefficient (Wildman–Crippen LogP) is 3.39. The van der Waals surface area contributed by atoms with E-state index in [2.05, 4.69) is 0 Å². The molecule has 1 aromatic carbocycles. The molecule has 4 heteroatoms. The second-order valence-corrected chi connectivity index (χ2v) is 6.23. The van der Waals surface area contributed by atoms with Gasteiger partial charge in [-0.3, -0.25) is 4.89 Å². The van der Waals surface area contributed by atoms with E-state index in [-0.39, 0.29) is 5.97 Å². The van der Waals surface area contributed by atoms with Crippen LogP contribution in [-0.4, -0.2) is 18.7 Å². The Balaban J connectivity index is 2.14. The van der Waals surface area contributed by atoms with Crippen LogP contribution in [-0.2, 0) is 20.0 Å². The fraction of sp³-hybridized carbons (Fsp3) is 0.562. The van der Waals surface area contributed by atoms with Crippen molar-refractivity contribution >= 4 is 5.97 Å². The van der Waals surface area contributed by atoms with E-state index in [4.69, 9.17) is 14.5 Å². The van der Waals surface area contributed by atoms with Crippen LogP contribution in [0.5, 0.6) is 5.75 Å². The predicted molar refractivity (Wildman–Crippen MR) is 75.5 cm³/mol. The first-order valence-corrected chi connectivity index (χ1v) is 6.92. The molecule has 20 heavy (non-hydrogen) atoms. The monoisotopic (exact) mass is 278 g/mol. The molecule has 2 rings (SSSR count). The van der Waals surface area contributed by atoms with Gasteiger partial charge in [0.1, 0.15) is 11.4 Å². The molecule has 1 aliphatic carbocycles. The van der Waals surface area contributed by atoms with Crippen LogP contribution in [0.4, 0.5) is 0 Å². The third kappa shape index (κ3) is 2.96. The quantitative estimate of drug-likeness (QED) is 0.625. The van der Waals surface area contributed by atoms with Gasteiger partial charge in [-0.1, -0.05) is 18.6 Å². The summed E-state index contributed by atoms with van der Waals surface area (Å²) in [6.45, 7) is 5.54. The summed E-state index contributed by atoms with van der Waals surface area (Å²) >= 11 is 0. The normalized spacial score (nSPS) is 17.2. The smallest absolute Gasteiger partial charge is 0.352 e. The van der Waals surface area contributed by atoms with Gasteiger partial charge in [0.2, 0.25) is 0 Å². The van der Waals surface area contributed by atoms with Crippen LogP contribution in [0.3, 0.4) is 0 Å². The van der Waals surface area contributed by atoms with Gasteiger partial charge in [-0.05, 0) is 51.3 Å². The molecule has 0 spiro atoms. The second kappa shape index (κ2) is 5.44. The minimum Gasteiger partial charge on any atom is -0.497 e. The summed E-state index contributed by atoms with van der Waals surface area (Å²) in [6, 6.07) is 7.59. The molecule has 0 N–H and O–H groups in total. The zero-order chi connectivity index (χ0) is 14.8. The van der Waals surface area contributed by atoms with Crippen LogP contribution in [0.1, 0.15) is 45.6 Å². The highest BCUT2D eigenvalue weighted by molar-refractivity contribution is 5.84. The number of hydrogen-bond donors (Lipinski definition) is 0. The van der Waals surface area contributed by atoms with Crippen LogP contribution in [0, 0.1) is 0 Å². The van der Waals surface area contributed by atoms with E-state index in [1.807, 2.05) is 45.0 Å². The van der Waals surface area contributed by atoms with Crippen molar-refractivity contribution in [3.05, 3.63) is 29.8 Å². The molecule has 0 aliphatic heterocycles. The zero-order valence-electron chi connectivity index (χ0n) is 12.6. The third-order valence-corrected chi connectivity index (χ3v) is 3.61. The van der Waals surface area contributed by atoms with E-state index in [1.165, 1.54) is 0 Å². The Bertz CT molecular complexity index is 466. The molecule has 0 atom stereocenters. The summed E-state index contributed by atoms with van der Waals surface area (Å²) in [5, 5.41) is 0. The largest absolute Gasteiger partial charge is 0.497 e. The van der Waals surface area contributed by atoms with Gasteiger partial charge in [0, 0.05) is 0 Å². The standard InChI is InChI=1S/C16H22O4/c1-15(2,3)20-19-14(17)16(10-5-11-16)12-6-8-13(18-4)9-7-12/h6-9H,5,10-11H2,1-4H3. The van der Waals surface area contributed by atoms with Crippen molar-refractivity contribution < 1.29 is 19.3 Å². The Morgan fingerprint density at radius 2 is 1.75 bits per heavy atom. The molecule has 0 radical (unpaired) electrons. The topological polar surface area (TPSA) is 44.8 Å². The van der Waals surface area contributed by atoms with Crippen molar-refractivity contribution in [3.63, 3.8) is 0 Å². The van der Waals surface area contributed by atoms with E-state index < -0.39 is 11.0 Å². The first-order valence-electron chi connectivity index (χ1n) is 6.92. The number of benzene rings is 1. The lowest BCUT2D eigenvalue weighted by Crippen LogP contribution is -2.44. The fourth-order valence-corrected chi connectivity index (χ4v) is 2.29. The molecule has 0 heterocycles. The van der Waals surface area contributed by atoms with Crippen LogP contribution in [0.25, 0.3) is 0 Å². The fourth-order valence-electron chi connectivity index (χ4n) is 2.29. The van der Waals surface area contributed by atoms with Gasteiger partial charge < -0.3 is 4.74 Å². The zero-order valence-corrected chi connectivity index (χ0v) is 12.6. The van der Waals surface area contributed by atoms with Gasteiger partial charge in [-0.2, -0.15) is 4.89 Å². The van der Waals surface area contributed by atoms with Gasteiger partial charge >= 0.3 is 5.97 Å². The molecular formula is C16H22O4. The molecule has 0 bridgehead atoms. The average Bonchev–Trinajstić information content (AvgIpc) is 2.35. The minimum atomic E-state index is -0.558. The first-order chi connectivity index (χ1) is 9.37. The lowest BCUT2D eigenvalue weighted by atomic mass is 9.64. The van der Waals surface area contributed by atoms with E-state index in [0.29, 0.717) is 0 Å². The van der Waals surface area contributed by atoms with Crippen LogP contribution < -0.4 is 4.74 Å². The van der Waals surface area contributed by atoms with Gasteiger partial charge in [-0.25, -0.2) is 4.79 Å². The Kier molecular flexibility index (Phi) is 4.04. The molecular weight excluding hydrogens is 256 g/mol. The minimum absolute atomic E-state index is 0.302. The van der Waals surface area contributed by atoms with Gasteiger partial charge in [0.05, 0.1) is 12.5 Å². The highest BCUT2D eigenvalue weighted by Gasteiger charge is 2.48. The Hall–Kier alpha value is -1.55.